The average Bonchev–Trinajstić information content (AvgIpc) is 3.10. The lowest BCUT2D eigenvalue weighted by Crippen LogP contribution is -2.44. The molecule has 0 fully saturated rings. The third kappa shape index (κ3) is 3.84. The molecule has 1 atom stereocenters. The van der Waals surface area contributed by atoms with Crippen molar-refractivity contribution in [1.29, 1.82) is 0 Å². The number of hydrogen-bond donors (Lipinski definition) is 2. The van der Waals surface area contributed by atoms with Crippen LogP contribution in [0.4, 0.5) is 0 Å². The lowest BCUT2D eigenvalue weighted by molar-refractivity contribution is -0.121. The number of nitrogens with zero attached hydrogens (tertiary/aromatic N) is 4. The molecule has 0 radical (unpaired) electrons. The van der Waals surface area contributed by atoms with E-state index in [4.69, 9.17) is 0 Å². The molecule has 0 bridgehead atoms. The largest absolute Gasteiger partial charge is 0.324 e. The monoisotopic (exact) mass is 420 g/mol. The maximum absolute atomic E-state index is 12.4. The minimum Gasteiger partial charge on any atom is -0.324 e. The molecule has 2 aromatic heterocycles. The van der Waals surface area contributed by atoms with Crippen LogP contribution in [0.1, 0.15) is 24.2 Å². The van der Waals surface area contributed by atoms with Gasteiger partial charge in [-0.15, -0.1) is 10.2 Å². The fourth-order valence-corrected chi connectivity index (χ4v) is 3.86. The molecule has 2 N–H and O–H groups in total. The molecule has 4 rings (SSSR count). The summed E-state index contributed by atoms with van der Waals surface area (Å²) in [6.45, 7) is 4.51. The average molecular weight is 420 g/mol. The molecule has 0 aliphatic carbocycles. The highest BCUT2D eigenvalue weighted by molar-refractivity contribution is 8.00. The fourth-order valence-electron chi connectivity index (χ4n) is 3.15. The Hall–Kier alpha value is -3.46. The van der Waals surface area contributed by atoms with Gasteiger partial charge in [-0.25, -0.2) is 4.98 Å². The number of thioether (sulfide) groups is 1. The van der Waals surface area contributed by atoms with Crippen LogP contribution in [0, 0.1) is 0 Å². The van der Waals surface area contributed by atoms with E-state index in [1.807, 2.05) is 37.3 Å². The molecule has 4 aromatic rings. The molecule has 8 nitrogen and oxygen atoms in total. The number of hydrogen-bond acceptors (Lipinski definition) is 6. The quantitative estimate of drug-likeness (QED) is 0.380. The first-order valence-corrected chi connectivity index (χ1v) is 10.4. The number of para-hydroxylation sites is 1. The zero-order valence-electron chi connectivity index (χ0n) is 16.5. The van der Waals surface area contributed by atoms with Crippen LogP contribution in [0.25, 0.3) is 22.1 Å². The number of carbonyl (C=O) groups is 2. The minimum atomic E-state index is -0.528. The second-order valence-corrected chi connectivity index (χ2v) is 7.91. The van der Waals surface area contributed by atoms with Crippen molar-refractivity contribution < 1.29 is 9.59 Å². The smallest absolute Gasteiger partial charge is 0.269 e. The van der Waals surface area contributed by atoms with E-state index in [0.717, 1.165) is 28.6 Å². The molecule has 30 heavy (non-hydrogen) atoms. The van der Waals surface area contributed by atoms with Crippen molar-refractivity contribution in [2.75, 3.05) is 0 Å². The first-order chi connectivity index (χ1) is 14.6. The number of benzene rings is 2. The Balaban J connectivity index is 1.47. The molecule has 0 saturated carbocycles. The highest BCUT2D eigenvalue weighted by Crippen LogP contribution is 2.27. The Bertz CT molecular complexity index is 1220. The van der Waals surface area contributed by atoms with Gasteiger partial charge in [0, 0.05) is 17.5 Å². The van der Waals surface area contributed by atoms with E-state index in [1.165, 1.54) is 11.8 Å². The van der Waals surface area contributed by atoms with Gasteiger partial charge in [0.05, 0.1) is 10.8 Å². The first kappa shape index (κ1) is 19.8. The van der Waals surface area contributed by atoms with Crippen molar-refractivity contribution in [2.45, 2.75) is 30.8 Å². The third-order valence-corrected chi connectivity index (χ3v) is 5.61. The maximum Gasteiger partial charge on any atom is 0.269 e. The topological polar surface area (TPSA) is 102 Å². The normalized spacial score (nSPS) is 12.1. The van der Waals surface area contributed by atoms with Crippen LogP contribution in [0.2, 0.25) is 0 Å². The number of hydrazine groups is 1. The first-order valence-electron chi connectivity index (χ1n) is 9.52. The molecule has 152 valence electrons. The van der Waals surface area contributed by atoms with Gasteiger partial charge in [0.25, 0.3) is 11.8 Å². The van der Waals surface area contributed by atoms with Gasteiger partial charge in [0.2, 0.25) is 5.16 Å². The predicted molar refractivity (Wildman–Crippen MR) is 116 cm³/mol. The molecular weight excluding hydrogens is 400 g/mol. The lowest BCUT2D eigenvalue weighted by atomic mass is 10.2. The van der Waals surface area contributed by atoms with E-state index in [-0.39, 0.29) is 11.8 Å². The number of aromatic nitrogens is 4. The second-order valence-electron chi connectivity index (χ2n) is 6.60. The molecule has 2 aromatic carbocycles. The SMILES string of the molecule is CCn1c2ccccc2c2nnc(S[C@H](C)C(=O)NNC(=O)c3ccccc3)nc21. The van der Waals surface area contributed by atoms with Crippen LogP contribution in [0.15, 0.2) is 59.8 Å². The van der Waals surface area contributed by atoms with Gasteiger partial charge < -0.3 is 4.57 Å². The van der Waals surface area contributed by atoms with Crippen molar-refractivity contribution in [3.63, 3.8) is 0 Å². The van der Waals surface area contributed by atoms with Gasteiger partial charge in [-0.2, -0.15) is 0 Å². The van der Waals surface area contributed by atoms with E-state index in [9.17, 15) is 9.59 Å². The molecule has 0 unspecified atom stereocenters. The van der Waals surface area contributed by atoms with Crippen molar-refractivity contribution >= 4 is 45.6 Å². The standard InChI is InChI=1S/C21H20N6O2S/c1-3-27-16-12-8-7-11-15(16)17-18(27)22-21(26-23-17)30-13(2)19(28)24-25-20(29)14-9-5-4-6-10-14/h4-13H,3H2,1-2H3,(H,24,28)(H,25,29)/t13-/m1/s1. The summed E-state index contributed by atoms with van der Waals surface area (Å²) in [5.41, 5.74) is 7.85. The summed E-state index contributed by atoms with van der Waals surface area (Å²) >= 11 is 1.18. The van der Waals surface area contributed by atoms with Gasteiger partial charge in [0.1, 0.15) is 5.52 Å². The molecular formula is C21H20N6O2S. The number of rotatable bonds is 5. The van der Waals surface area contributed by atoms with Crippen molar-refractivity contribution in [1.82, 2.24) is 30.6 Å². The number of amides is 2. The van der Waals surface area contributed by atoms with Crippen LogP contribution in [0.3, 0.4) is 0 Å². The molecule has 0 spiro atoms. The van der Waals surface area contributed by atoms with Crippen LogP contribution in [-0.4, -0.2) is 36.8 Å². The number of fused-ring (bicyclic) bond motifs is 3. The van der Waals surface area contributed by atoms with Crippen LogP contribution >= 0.6 is 11.8 Å². The third-order valence-electron chi connectivity index (χ3n) is 4.66. The van der Waals surface area contributed by atoms with E-state index in [2.05, 4.69) is 30.6 Å². The fraction of sp³-hybridized carbons (Fsp3) is 0.190. The molecule has 0 saturated heterocycles. The highest BCUT2D eigenvalue weighted by atomic mass is 32.2. The van der Waals surface area contributed by atoms with Gasteiger partial charge >= 0.3 is 0 Å². The van der Waals surface area contributed by atoms with E-state index in [1.54, 1.807) is 31.2 Å². The summed E-state index contributed by atoms with van der Waals surface area (Å²) < 4.78 is 2.08. The Morgan fingerprint density at radius 3 is 2.53 bits per heavy atom. The zero-order chi connectivity index (χ0) is 21.1. The molecule has 0 aliphatic rings. The summed E-state index contributed by atoms with van der Waals surface area (Å²) in [5, 5.41) is 9.41. The summed E-state index contributed by atoms with van der Waals surface area (Å²) in [6.07, 6.45) is 0. The molecule has 0 aliphatic heterocycles. The number of aryl methyl sites for hydroxylation is 1. The summed E-state index contributed by atoms with van der Waals surface area (Å²) in [7, 11) is 0. The predicted octanol–water partition coefficient (Wildman–Crippen LogP) is 2.94. The van der Waals surface area contributed by atoms with Crippen LogP contribution < -0.4 is 10.9 Å². The zero-order valence-corrected chi connectivity index (χ0v) is 17.3. The van der Waals surface area contributed by atoms with Crippen LogP contribution in [0.5, 0.6) is 0 Å². The second kappa shape index (κ2) is 8.50. The highest BCUT2D eigenvalue weighted by Gasteiger charge is 2.19. The Kier molecular flexibility index (Phi) is 5.62. The Morgan fingerprint density at radius 1 is 1.03 bits per heavy atom. The van der Waals surface area contributed by atoms with E-state index in [0.29, 0.717) is 10.7 Å². The van der Waals surface area contributed by atoms with Gasteiger partial charge in [-0.3, -0.25) is 20.4 Å². The van der Waals surface area contributed by atoms with Gasteiger partial charge in [0.15, 0.2) is 5.65 Å². The summed E-state index contributed by atoms with van der Waals surface area (Å²) in [4.78, 5) is 29.1. The van der Waals surface area contributed by atoms with E-state index >= 15 is 0 Å². The van der Waals surface area contributed by atoms with Gasteiger partial charge in [-0.1, -0.05) is 48.2 Å². The van der Waals surface area contributed by atoms with Gasteiger partial charge in [-0.05, 0) is 32.0 Å². The van der Waals surface area contributed by atoms with Crippen molar-refractivity contribution in [3.8, 4) is 0 Å². The molecule has 9 heteroatoms. The summed E-state index contributed by atoms with van der Waals surface area (Å²) in [6, 6.07) is 16.6. The number of carbonyl (C=O) groups excluding carboxylic acids is 2. The lowest BCUT2D eigenvalue weighted by Gasteiger charge is -2.12. The maximum atomic E-state index is 12.4. The van der Waals surface area contributed by atoms with Crippen molar-refractivity contribution in [3.05, 3.63) is 60.2 Å². The molecule has 2 heterocycles. The van der Waals surface area contributed by atoms with Crippen molar-refractivity contribution in [2.24, 2.45) is 0 Å². The van der Waals surface area contributed by atoms with Crippen LogP contribution in [-0.2, 0) is 11.3 Å². The number of nitrogens with one attached hydrogen (secondary N) is 2. The minimum absolute atomic E-state index is 0.357. The summed E-state index contributed by atoms with van der Waals surface area (Å²) in [5.74, 6) is -0.739. The molecule has 2 amide bonds. The van der Waals surface area contributed by atoms with E-state index < -0.39 is 5.25 Å². The Morgan fingerprint density at radius 2 is 1.77 bits per heavy atom. The Labute approximate surface area is 177 Å².